The Morgan fingerprint density at radius 3 is 2.29 bits per heavy atom. The molecule has 5 nitrogen and oxygen atoms in total. The van der Waals surface area contributed by atoms with Gasteiger partial charge >= 0.3 is 7.12 Å². The van der Waals surface area contributed by atoms with E-state index in [1.165, 1.54) is 0 Å². The van der Waals surface area contributed by atoms with Gasteiger partial charge in [0.25, 0.3) is 5.69 Å². The zero-order chi connectivity index (χ0) is 10.9. The molecule has 1 aromatic carbocycles. The van der Waals surface area contributed by atoms with Crippen molar-refractivity contribution in [3.63, 3.8) is 0 Å². The van der Waals surface area contributed by atoms with Crippen LogP contribution in [-0.4, -0.2) is 22.1 Å². The largest absolute Gasteiger partial charge is 0.490 e. The molecule has 0 aromatic heterocycles. The van der Waals surface area contributed by atoms with Gasteiger partial charge in [0.1, 0.15) is 5.02 Å². The van der Waals surface area contributed by atoms with Crippen LogP contribution in [0.3, 0.4) is 0 Å². The lowest BCUT2D eigenvalue weighted by Crippen LogP contribution is -2.30. The number of hydrogen-bond acceptors (Lipinski definition) is 4. The van der Waals surface area contributed by atoms with E-state index >= 15 is 0 Å². The molecular formula is C6H4BCl2NO4. The van der Waals surface area contributed by atoms with Crippen molar-refractivity contribution in [1.29, 1.82) is 0 Å². The quantitative estimate of drug-likeness (QED) is 0.446. The second-order valence-corrected chi connectivity index (χ2v) is 3.27. The molecule has 0 amide bonds. The third-order valence-corrected chi connectivity index (χ3v) is 2.17. The second kappa shape index (κ2) is 4.14. The first-order chi connectivity index (χ1) is 6.43. The predicted octanol–water partition coefficient (Wildman–Crippen LogP) is 0.581. The van der Waals surface area contributed by atoms with Gasteiger partial charge in [-0.2, -0.15) is 0 Å². The van der Waals surface area contributed by atoms with E-state index in [1.54, 1.807) is 0 Å². The minimum absolute atomic E-state index is 0.0673. The zero-order valence-corrected chi connectivity index (χ0v) is 8.16. The first-order valence-corrected chi connectivity index (χ1v) is 4.18. The van der Waals surface area contributed by atoms with Gasteiger partial charge in [0.2, 0.25) is 0 Å². The molecule has 0 saturated heterocycles. The lowest BCUT2D eigenvalue weighted by molar-refractivity contribution is -0.384. The molecule has 0 spiro atoms. The molecule has 0 radical (unpaired) electrons. The van der Waals surface area contributed by atoms with Crippen LogP contribution >= 0.6 is 23.2 Å². The highest BCUT2D eigenvalue weighted by Gasteiger charge is 2.21. The molecule has 8 heteroatoms. The number of rotatable bonds is 2. The van der Waals surface area contributed by atoms with E-state index in [9.17, 15) is 10.1 Å². The van der Waals surface area contributed by atoms with Crippen LogP contribution in [0, 0.1) is 10.1 Å². The maximum absolute atomic E-state index is 10.4. The van der Waals surface area contributed by atoms with Gasteiger partial charge in [-0.05, 0) is 6.07 Å². The van der Waals surface area contributed by atoms with Gasteiger partial charge in [-0.1, -0.05) is 23.2 Å². The maximum atomic E-state index is 10.4. The molecule has 0 bridgehead atoms. The summed E-state index contributed by atoms with van der Waals surface area (Å²) in [5.41, 5.74) is -0.441. The van der Waals surface area contributed by atoms with Crippen LogP contribution in [0.5, 0.6) is 0 Å². The van der Waals surface area contributed by atoms with Crippen molar-refractivity contribution in [2.75, 3.05) is 0 Å². The molecule has 1 aromatic rings. The van der Waals surface area contributed by atoms with Crippen molar-refractivity contribution in [2.45, 2.75) is 0 Å². The molecule has 0 fully saturated rings. The number of nitro benzene ring substituents is 1. The molecule has 0 unspecified atom stereocenters. The average Bonchev–Trinajstić information content (AvgIpc) is 2.07. The van der Waals surface area contributed by atoms with E-state index in [2.05, 4.69) is 0 Å². The Bertz CT molecular complexity index is 384. The van der Waals surface area contributed by atoms with Crippen molar-refractivity contribution in [2.24, 2.45) is 0 Å². The molecule has 0 aliphatic carbocycles. The topological polar surface area (TPSA) is 83.6 Å². The molecule has 74 valence electrons. The van der Waals surface area contributed by atoms with E-state index < -0.39 is 12.0 Å². The Morgan fingerprint density at radius 1 is 1.29 bits per heavy atom. The summed E-state index contributed by atoms with van der Waals surface area (Å²) in [5, 5.41) is 27.7. The number of hydrogen-bond donors (Lipinski definition) is 2. The molecule has 14 heavy (non-hydrogen) atoms. The number of nitrogens with zero attached hydrogens (tertiary/aromatic N) is 1. The monoisotopic (exact) mass is 235 g/mol. The van der Waals surface area contributed by atoms with Crippen LogP contribution in [-0.2, 0) is 0 Å². The van der Waals surface area contributed by atoms with Gasteiger partial charge in [-0.15, -0.1) is 0 Å². The van der Waals surface area contributed by atoms with Crippen LogP contribution < -0.4 is 5.46 Å². The molecule has 0 aliphatic heterocycles. The fourth-order valence-corrected chi connectivity index (χ4v) is 1.39. The van der Waals surface area contributed by atoms with Gasteiger partial charge < -0.3 is 10.0 Å². The van der Waals surface area contributed by atoms with Crippen molar-refractivity contribution in [3.05, 3.63) is 32.3 Å². The highest BCUT2D eigenvalue weighted by molar-refractivity contribution is 6.63. The Hall–Kier alpha value is -0.815. The third-order valence-electron chi connectivity index (χ3n) is 1.54. The minimum atomic E-state index is -1.80. The van der Waals surface area contributed by atoms with E-state index in [0.29, 0.717) is 0 Å². The molecule has 0 heterocycles. The van der Waals surface area contributed by atoms with Crippen molar-refractivity contribution in [1.82, 2.24) is 0 Å². The smallest absolute Gasteiger partial charge is 0.423 e. The summed E-state index contributed by atoms with van der Waals surface area (Å²) in [6.45, 7) is 0. The van der Waals surface area contributed by atoms with Crippen LogP contribution in [0.25, 0.3) is 0 Å². The van der Waals surface area contributed by atoms with Crippen LogP contribution in [0.4, 0.5) is 5.69 Å². The maximum Gasteiger partial charge on any atom is 0.490 e. The van der Waals surface area contributed by atoms with Crippen molar-refractivity contribution < 1.29 is 15.0 Å². The summed E-state index contributed by atoms with van der Waals surface area (Å²) in [6, 6.07) is 2.02. The number of benzene rings is 1. The Labute approximate surface area is 89.2 Å². The third kappa shape index (κ3) is 2.16. The predicted molar refractivity (Wildman–Crippen MR) is 52.9 cm³/mol. The highest BCUT2D eigenvalue weighted by atomic mass is 35.5. The molecule has 1 rings (SSSR count). The van der Waals surface area contributed by atoms with Crippen LogP contribution in [0.1, 0.15) is 0 Å². The summed E-state index contributed by atoms with van der Waals surface area (Å²) in [7, 11) is -1.80. The number of nitro groups is 1. The summed E-state index contributed by atoms with van der Waals surface area (Å²) in [6.07, 6.45) is 0. The van der Waals surface area contributed by atoms with E-state index in [4.69, 9.17) is 33.2 Å². The molecular weight excluding hydrogens is 232 g/mol. The number of halogens is 2. The summed E-state index contributed by atoms with van der Waals surface area (Å²) >= 11 is 11.1. The van der Waals surface area contributed by atoms with Crippen LogP contribution in [0.15, 0.2) is 12.1 Å². The zero-order valence-electron chi connectivity index (χ0n) is 6.65. The fourth-order valence-electron chi connectivity index (χ4n) is 0.890. The van der Waals surface area contributed by atoms with Gasteiger partial charge in [0.15, 0.2) is 0 Å². The van der Waals surface area contributed by atoms with Crippen molar-refractivity contribution >= 4 is 41.5 Å². The lowest BCUT2D eigenvalue weighted by atomic mass is 9.80. The lowest BCUT2D eigenvalue weighted by Gasteiger charge is -2.03. The van der Waals surface area contributed by atoms with E-state index in [0.717, 1.165) is 12.1 Å². The summed E-state index contributed by atoms with van der Waals surface area (Å²) in [5.74, 6) is 0. The minimum Gasteiger partial charge on any atom is -0.423 e. The normalized spacial score (nSPS) is 10.0. The first kappa shape index (κ1) is 11.3. The SMILES string of the molecule is O=[N+]([O-])c1cc(Cl)c(B(O)O)cc1Cl. The summed E-state index contributed by atoms with van der Waals surface area (Å²) < 4.78 is 0. The highest BCUT2D eigenvalue weighted by Crippen LogP contribution is 2.26. The van der Waals surface area contributed by atoms with Crippen molar-refractivity contribution in [3.8, 4) is 0 Å². The van der Waals surface area contributed by atoms with Gasteiger partial charge in [-0.25, -0.2) is 0 Å². The van der Waals surface area contributed by atoms with Gasteiger partial charge in [-0.3, -0.25) is 10.1 Å². The fraction of sp³-hybridized carbons (Fsp3) is 0. The molecule has 0 aliphatic rings. The first-order valence-electron chi connectivity index (χ1n) is 3.43. The van der Waals surface area contributed by atoms with E-state index in [1.807, 2.05) is 0 Å². The molecule has 0 atom stereocenters. The van der Waals surface area contributed by atoms with E-state index in [-0.39, 0.29) is 21.2 Å². The Kier molecular flexibility index (Phi) is 3.33. The Morgan fingerprint density at radius 2 is 1.86 bits per heavy atom. The average molecular weight is 236 g/mol. The standard InChI is InChI=1S/C6H4BCl2NO4/c8-4-2-6(10(13)14)5(9)1-3(4)7(11)12/h1-2,11-12H. The summed E-state index contributed by atoms with van der Waals surface area (Å²) in [4.78, 5) is 9.69. The molecule has 2 N–H and O–H groups in total. The Balaban J connectivity index is 3.31. The van der Waals surface area contributed by atoms with Crippen LogP contribution in [0.2, 0.25) is 10.0 Å². The van der Waals surface area contributed by atoms with Gasteiger partial charge in [0, 0.05) is 16.6 Å². The molecule has 0 saturated carbocycles. The second-order valence-electron chi connectivity index (χ2n) is 2.46. The van der Waals surface area contributed by atoms with Gasteiger partial charge in [0.05, 0.1) is 4.92 Å².